The van der Waals surface area contributed by atoms with Crippen LogP contribution in [0.15, 0.2) is 60.7 Å². The SMILES string of the molecule is COc1cc([C@@H]2Nc3ccccc3-c3nc4ccccc4n32)cc(OC)c1OC. The average Bonchev–Trinajstić information content (AvgIpc) is 3.17. The average molecular weight is 387 g/mol. The number of aromatic nitrogens is 2. The summed E-state index contributed by atoms with van der Waals surface area (Å²) in [6.45, 7) is 0. The largest absolute Gasteiger partial charge is 0.493 e. The standard InChI is InChI=1S/C23H21N3O3/c1-27-19-12-14(13-20(28-2)21(19)29-3)22-24-16-9-5-4-8-15(16)23-25-17-10-6-7-11-18(17)26(22)23/h4-13,22,24H,1-3H3/t22-/m1/s1. The molecule has 0 fully saturated rings. The Morgan fingerprint density at radius 3 is 2.28 bits per heavy atom. The van der Waals surface area contributed by atoms with Crippen LogP contribution in [0.25, 0.3) is 22.4 Å². The van der Waals surface area contributed by atoms with Crippen LogP contribution in [0, 0.1) is 0 Å². The predicted molar refractivity (Wildman–Crippen MR) is 113 cm³/mol. The van der Waals surface area contributed by atoms with Gasteiger partial charge in [0.2, 0.25) is 5.75 Å². The number of methoxy groups -OCH3 is 3. The smallest absolute Gasteiger partial charge is 0.203 e. The second kappa shape index (κ2) is 6.74. The molecule has 0 bridgehead atoms. The molecule has 6 heteroatoms. The summed E-state index contributed by atoms with van der Waals surface area (Å²) in [7, 11) is 4.86. The maximum absolute atomic E-state index is 5.58. The first-order valence-electron chi connectivity index (χ1n) is 9.38. The van der Waals surface area contributed by atoms with Gasteiger partial charge in [0, 0.05) is 16.8 Å². The molecule has 0 aliphatic carbocycles. The number of anilines is 1. The van der Waals surface area contributed by atoms with Gasteiger partial charge in [0.05, 0.1) is 32.4 Å². The number of fused-ring (bicyclic) bond motifs is 5. The summed E-state index contributed by atoms with van der Waals surface area (Å²) in [5.41, 5.74) is 5.11. The molecule has 0 amide bonds. The molecule has 146 valence electrons. The highest BCUT2D eigenvalue weighted by atomic mass is 16.5. The van der Waals surface area contributed by atoms with Crippen LogP contribution in [0.3, 0.4) is 0 Å². The number of hydrogen-bond acceptors (Lipinski definition) is 5. The fourth-order valence-corrected chi connectivity index (χ4v) is 4.00. The maximum Gasteiger partial charge on any atom is 0.203 e. The van der Waals surface area contributed by atoms with Crippen molar-refractivity contribution in [1.29, 1.82) is 0 Å². The van der Waals surface area contributed by atoms with Gasteiger partial charge in [-0.15, -0.1) is 0 Å². The quantitative estimate of drug-likeness (QED) is 0.550. The molecule has 1 N–H and O–H groups in total. The molecule has 0 saturated carbocycles. The maximum atomic E-state index is 5.58. The number of benzene rings is 3. The first-order chi connectivity index (χ1) is 14.2. The molecule has 0 saturated heterocycles. The van der Waals surface area contributed by atoms with Crippen molar-refractivity contribution in [3.8, 4) is 28.6 Å². The summed E-state index contributed by atoms with van der Waals surface area (Å²) in [6, 6.07) is 20.3. The Labute approximate surface area is 168 Å². The zero-order valence-electron chi connectivity index (χ0n) is 16.5. The van der Waals surface area contributed by atoms with Gasteiger partial charge in [-0.1, -0.05) is 24.3 Å². The van der Waals surface area contributed by atoms with E-state index in [2.05, 4.69) is 28.1 Å². The van der Waals surface area contributed by atoms with Gasteiger partial charge in [0.15, 0.2) is 11.5 Å². The summed E-state index contributed by atoms with van der Waals surface area (Å²) in [4.78, 5) is 4.93. The van der Waals surface area contributed by atoms with E-state index < -0.39 is 0 Å². The number of nitrogens with zero attached hydrogens (tertiary/aromatic N) is 2. The molecule has 2 heterocycles. The summed E-state index contributed by atoms with van der Waals surface area (Å²) >= 11 is 0. The van der Waals surface area contributed by atoms with Crippen LogP contribution in [0.1, 0.15) is 11.7 Å². The predicted octanol–water partition coefficient (Wildman–Crippen LogP) is 4.70. The number of hydrogen-bond donors (Lipinski definition) is 1. The van der Waals surface area contributed by atoms with Gasteiger partial charge in [-0.2, -0.15) is 0 Å². The molecule has 1 aliphatic rings. The Bertz CT molecular complexity index is 1190. The zero-order chi connectivity index (χ0) is 20.0. The fourth-order valence-electron chi connectivity index (χ4n) is 4.00. The van der Waals surface area contributed by atoms with E-state index in [-0.39, 0.29) is 6.17 Å². The third-order valence-electron chi connectivity index (χ3n) is 5.32. The van der Waals surface area contributed by atoms with Crippen LogP contribution in [0.5, 0.6) is 17.2 Å². The highest BCUT2D eigenvalue weighted by molar-refractivity contribution is 5.86. The summed E-state index contributed by atoms with van der Waals surface area (Å²) < 4.78 is 18.9. The number of nitrogens with one attached hydrogen (secondary N) is 1. The van der Waals surface area contributed by atoms with Crippen LogP contribution in [0.4, 0.5) is 5.69 Å². The summed E-state index contributed by atoms with van der Waals surface area (Å²) in [5.74, 6) is 2.74. The monoisotopic (exact) mass is 387 g/mol. The molecule has 1 aliphatic heterocycles. The number of rotatable bonds is 4. The van der Waals surface area contributed by atoms with Gasteiger partial charge in [-0.05, 0) is 36.4 Å². The van der Waals surface area contributed by atoms with Crippen LogP contribution < -0.4 is 19.5 Å². The highest BCUT2D eigenvalue weighted by Gasteiger charge is 2.29. The number of imidazole rings is 1. The van der Waals surface area contributed by atoms with Crippen molar-refractivity contribution in [3.05, 3.63) is 66.2 Å². The minimum absolute atomic E-state index is 0.180. The van der Waals surface area contributed by atoms with Gasteiger partial charge in [-0.3, -0.25) is 4.57 Å². The highest BCUT2D eigenvalue weighted by Crippen LogP contribution is 2.44. The van der Waals surface area contributed by atoms with Gasteiger partial charge in [0.1, 0.15) is 12.0 Å². The normalized spacial score (nSPS) is 14.7. The minimum Gasteiger partial charge on any atom is -0.493 e. The number of ether oxygens (including phenoxy) is 3. The Morgan fingerprint density at radius 2 is 1.55 bits per heavy atom. The molecular weight excluding hydrogens is 366 g/mol. The van der Waals surface area contributed by atoms with Crippen molar-refractivity contribution in [1.82, 2.24) is 9.55 Å². The van der Waals surface area contributed by atoms with E-state index in [1.807, 2.05) is 42.5 Å². The Balaban J connectivity index is 1.78. The van der Waals surface area contributed by atoms with E-state index in [0.29, 0.717) is 17.2 Å². The van der Waals surface area contributed by atoms with E-state index in [1.54, 1.807) is 21.3 Å². The lowest BCUT2D eigenvalue weighted by molar-refractivity contribution is 0.323. The van der Waals surface area contributed by atoms with Crippen molar-refractivity contribution in [3.63, 3.8) is 0 Å². The molecule has 29 heavy (non-hydrogen) atoms. The van der Waals surface area contributed by atoms with Crippen molar-refractivity contribution in [2.45, 2.75) is 6.17 Å². The van der Waals surface area contributed by atoms with E-state index in [9.17, 15) is 0 Å². The molecule has 0 spiro atoms. The third-order valence-corrected chi connectivity index (χ3v) is 5.32. The van der Waals surface area contributed by atoms with E-state index in [0.717, 1.165) is 33.7 Å². The minimum atomic E-state index is -0.180. The molecule has 6 nitrogen and oxygen atoms in total. The lowest BCUT2D eigenvalue weighted by atomic mass is 10.0. The molecule has 4 aromatic rings. The molecule has 5 rings (SSSR count). The summed E-state index contributed by atoms with van der Waals surface area (Å²) in [6.07, 6.45) is -0.180. The third kappa shape index (κ3) is 2.60. The first kappa shape index (κ1) is 17.4. The fraction of sp³-hybridized carbons (Fsp3) is 0.174. The van der Waals surface area contributed by atoms with Crippen molar-refractivity contribution < 1.29 is 14.2 Å². The van der Waals surface area contributed by atoms with Gasteiger partial charge in [-0.25, -0.2) is 4.98 Å². The first-order valence-corrected chi connectivity index (χ1v) is 9.38. The van der Waals surface area contributed by atoms with Crippen LogP contribution in [0.2, 0.25) is 0 Å². The van der Waals surface area contributed by atoms with E-state index >= 15 is 0 Å². The summed E-state index contributed by atoms with van der Waals surface area (Å²) in [5, 5.41) is 3.66. The van der Waals surface area contributed by atoms with E-state index in [1.165, 1.54) is 0 Å². The topological polar surface area (TPSA) is 57.5 Å². The molecular formula is C23H21N3O3. The Hall–Kier alpha value is -3.67. The van der Waals surface area contributed by atoms with Crippen molar-refractivity contribution in [2.75, 3.05) is 26.6 Å². The lowest BCUT2D eigenvalue weighted by Gasteiger charge is -2.31. The zero-order valence-corrected chi connectivity index (χ0v) is 16.5. The van der Waals surface area contributed by atoms with Crippen LogP contribution in [-0.4, -0.2) is 30.9 Å². The van der Waals surface area contributed by atoms with Crippen LogP contribution >= 0.6 is 0 Å². The second-order valence-electron chi connectivity index (χ2n) is 6.85. The molecule has 3 aromatic carbocycles. The van der Waals surface area contributed by atoms with Gasteiger partial charge >= 0.3 is 0 Å². The van der Waals surface area contributed by atoms with Gasteiger partial charge < -0.3 is 19.5 Å². The molecule has 0 unspecified atom stereocenters. The Kier molecular flexibility index (Phi) is 4.05. The Morgan fingerprint density at radius 1 is 0.862 bits per heavy atom. The lowest BCUT2D eigenvalue weighted by Crippen LogP contribution is -2.24. The van der Waals surface area contributed by atoms with Gasteiger partial charge in [0.25, 0.3) is 0 Å². The number of para-hydroxylation sites is 3. The van der Waals surface area contributed by atoms with Crippen molar-refractivity contribution in [2.24, 2.45) is 0 Å². The molecule has 0 radical (unpaired) electrons. The van der Waals surface area contributed by atoms with E-state index in [4.69, 9.17) is 19.2 Å². The molecule has 1 atom stereocenters. The van der Waals surface area contributed by atoms with Crippen molar-refractivity contribution >= 4 is 16.7 Å². The van der Waals surface area contributed by atoms with Crippen LogP contribution in [-0.2, 0) is 0 Å². The molecule has 1 aromatic heterocycles. The second-order valence-corrected chi connectivity index (χ2v) is 6.85.